The van der Waals surface area contributed by atoms with E-state index in [-0.39, 0.29) is 5.91 Å². The Bertz CT molecular complexity index is 498. The van der Waals surface area contributed by atoms with Crippen LogP contribution in [-0.4, -0.2) is 18.5 Å². The fourth-order valence-corrected chi connectivity index (χ4v) is 3.25. The van der Waals surface area contributed by atoms with Crippen LogP contribution in [0.4, 0.5) is 0 Å². The van der Waals surface area contributed by atoms with E-state index in [9.17, 15) is 4.79 Å². The van der Waals surface area contributed by atoms with Crippen LogP contribution in [-0.2, 0) is 0 Å². The van der Waals surface area contributed by atoms with Crippen LogP contribution in [0.5, 0.6) is 0 Å². The van der Waals surface area contributed by atoms with Crippen LogP contribution in [0.1, 0.15) is 47.8 Å². The average molecular weight is 276 g/mol. The molecule has 0 bridgehead atoms. The largest absolute Gasteiger partial charge is 0.349 e. The molecule has 2 unspecified atom stereocenters. The van der Waals surface area contributed by atoms with Crippen molar-refractivity contribution < 1.29 is 4.79 Å². The van der Waals surface area contributed by atoms with Gasteiger partial charge in [0.2, 0.25) is 0 Å². The smallest absolute Gasteiger partial charge is 0.252 e. The number of thiophene rings is 1. The van der Waals surface area contributed by atoms with Gasteiger partial charge in [0, 0.05) is 11.4 Å². The third kappa shape index (κ3) is 4.09. The molecule has 0 aliphatic heterocycles. The van der Waals surface area contributed by atoms with E-state index < -0.39 is 0 Å². The Balaban J connectivity index is 1.94. The number of carbonyl (C=O) groups is 1. The summed E-state index contributed by atoms with van der Waals surface area (Å²) in [6.07, 6.45) is 4.68. The molecule has 102 valence electrons. The molecule has 1 fully saturated rings. The molecule has 1 amide bonds. The lowest BCUT2D eigenvalue weighted by Crippen LogP contribution is -2.37. The standard InChI is InChI=1S/C15H20N2OS/c1-11-4-2-5-13(8-11)17-15(18)12-9-14(19-10-12)6-3-7-16/h9-11,13H,2,4-5,7-8,16H2,1H3,(H,17,18). The lowest BCUT2D eigenvalue weighted by Gasteiger charge is -2.27. The minimum Gasteiger partial charge on any atom is -0.349 e. The third-order valence-electron chi connectivity index (χ3n) is 3.45. The highest BCUT2D eigenvalue weighted by atomic mass is 32.1. The van der Waals surface area contributed by atoms with Gasteiger partial charge in [-0.2, -0.15) is 0 Å². The van der Waals surface area contributed by atoms with Gasteiger partial charge in [-0.05, 0) is 24.8 Å². The highest BCUT2D eigenvalue weighted by Crippen LogP contribution is 2.24. The first kappa shape index (κ1) is 14.1. The van der Waals surface area contributed by atoms with Crippen molar-refractivity contribution >= 4 is 17.2 Å². The first-order valence-corrected chi connectivity index (χ1v) is 7.65. The van der Waals surface area contributed by atoms with E-state index in [1.54, 1.807) is 0 Å². The molecule has 1 aromatic rings. The SMILES string of the molecule is CC1CCCC(NC(=O)c2csc(C#CCN)c2)C1. The Hall–Kier alpha value is -1.31. The van der Waals surface area contributed by atoms with Crippen molar-refractivity contribution in [1.29, 1.82) is 0 Å². The van der Waals surface area contributed by atoms with Crippen molar-refractivity contribution in [3.05, 3.63) is 21.9 Å². The normalized spacial score (nSPS) is 22.4. The van der Waals surface area contributed by atoms with E-state index in [2.05, 4.69) is 24.1 Å². The van der Waals surface area contributed by atoms with E-state index in [1.165, 1.54) is 24.2 Å². The zero-order chi connectivity index (χ0) is 13.7. The number of rotatable bonds is 2. The van der Waals surface area contributed by atoms with Crippen molar-refractivity contribution in [3.8, 4) is 11.8 Å². The molecule has 1 heterocycles. The quantitative estimate of drug-likeness (QED) is 0.815. The minimum atomic E-state index is 0.0242. The fraction of sp³-hybridized carbons (Fsp3) is 0.533. The highest BCUT2D eigenvalue weighted by Gasteiger charge is 2.21. The van der Waals surface area contributed by atoms with Crippen LogP contribution in [0, 0.1) is 17.8 Å². The van der Waals surface area contributed by atoms with Gasteiger partial charge in [-0.15, -0.1) is 11.3 Å². The summed E-state index contributed by atoms with van der Waals surface area (Å²) in [5, 5.41) is 4.99. The van der Waals surface area contributed by atoms with Gasteiger partial charge in [-0.3, -0.25) is 4.79 Å². The Morgan fingerprint density at radius 3 is 3.16 bits per heavy atom. The number of hydrogen-bond donors (Lipinski definition) is 2. The molecule has 2 rings (SSSR count). The molecule has 1 aliphatic carbocycles. The van der Waals surface area contributed by atoms with Crippen LogP contribution < -0.4 is 11.1 Å². The Morgan fingerprint density at radius 1 is 1.58 bits per heavy atom. The zero-order valence-electron chi connectivity index (χ0n) is 11.2. The first-order chi connectivity index (χ1) is 9.19. The average Bonchev–Trinajstić information content (AvgIpc) is 2.85. The minimum absolute atomic E-state index is 0.0242. The van der Waals surface area contributed by atoms with Gasteiger partial charge >= 0.3 is 0 Å². The maximum absolute atomic E-state index is 12.1. The molecule has 1 aliphatic rings. The van der Waals surface area contributed by atoms with Gasteiger partial charge in [0.15, 0.2) is 0 Å². The molecule has 0 saturated heterocycles. The van der Waals surface area contributed by atoms with Crippen molar-refractivity contribution in [2.45, 2.75) is 38.6 Å². The molecule has 1 saturated carbocycles. The first-order valence-electron chi connectivity index (χ1n) is 6.77. The number of carbonyl (C=O) groups excluding carboxylic acids is 1. The van der Waals surface area contributed by atoms with Gasteiger partial charge in [0.25, 0.3) is 5.91 Å². The molecular formula is C15H20N2OS. The van der Waals surface area contributed by atoms with Crippen molar-refractivity contribution in [2.75, 3.05) is 6.54 Å². The maximum atomic E-state index is 12.1. The molecule has 19 heavy (non-hydrogen) atoms. The summed E-state index contributed by atoms with van der Waals surface area (Å²) >= 11 is 1.49. The molecule has 4 heteroatoms. The third-order valence-corrected chi connectivity index (χ3v) is 4.29. The summed E-state index contributed by atoms with van der Waals surface area (Å²) in [7, 11) is 0. The van der Waals surface area contributed by atoms with E-state index in [4.69, 9.17) is 5.73 Å². The second kappa shape index (κ2) is 6.74. The van der Waals surface area contributed by atoms with Gasteiger partial charge in [-0.25, -0.2) is 0 Å². The highest BCUT2D eigenvalue weighted by molar-refractivity contribution is 7.10. The fourth-order valence-electron chi connectivity index (χ4n) is 2.49. The van der Waals surface area contributed by atoms with Crippen molar-refractivity contribution in [3.63, 3.8) is 0 Å². The van der Waals surface area contributed by atoms with Gasteiger partial charge < -0.3 is 11.1 Å². The van der Waals surface area contributed by atoms with Crippen LogP contribution in [0.3, 0.4) is 0 Å². The van der Waals surface area contributed by atoms with E-state index in [0.717, 1.165) is 17.7 Å². The Labute approximate surface area is 118 Å². The van der Waals surface area contributed by atoms with Crippen LogP contribution in [0.25, 0.3) is 0 Å². The summed E-state index contributed by atoms with van der Waals surface area (Å²) < 4.78 is 0. The summed E-state index contributed by atoms with van der Waals surface area (Å²) in [6, 6.07) is 2.17. The molecule has 3 nitrogen and oxygen atoms in total. The van der Waals surface area contributed by atoms with E-state index in [1.807, 2.05) is 11.4 Å². The summed E-state index contributed by atoms with van der Waals surface area (Å²) in [6.45, 7) is 2.60. The summed E-state index contributed by atoms with van der Waals surface area (Å²) in [5.41, 5.74) is 6.04. The van der Waals surface area contributed by atoms with Crippen LogP contribution in [0.2, 0.25) is 0 Å². The second-order valence-electron chi connectivity index (χ2n) is 5.15. The maximum Gasteiger partial charge on any atom is 0.252 e. The van der Waals surface area contributed by atoms with Gasteiger partial charge in [0.1, 0.15) is 0 Å². The summed E-state index contributed by atoms with van der Waals surface area (Å²) in [4.78, 5) is 13.0. The monoisotopic (exact) mass is 276 g/mol. The molecule has 3 N–H and O–H groups in total. The predicted octanol–water partition coefficient (Wildman–Crippen LogP) is 2.37. The van der Waals surface area contributed by atoms with E-state index >= 15 is 0 Å². The second-order valence-corrected chi connectivity index (χ2v) is 6.06. The molecule has 0 radical (unpaired) electrons. The van der Waals surface area contributed by atoms with Gasteiger partial charge in [0.05, 0.1) is 17.0 Å². The van der Waals surface area contributed by atoms with E-state index in [0.29, 0.717) is 24.1 Å². The number of hydrogen-bond acceptors (Lipinski definition) is 3. The molecule has 0 aromatic carbocycles. The lowest BCUT2D eigenvalue weighted by molar-refractivity contribution is 0.0922. The Kier molecular flexibility index (Phi) is 5.00. The molecule has 0 spiro atoms. The van der Waals surface area contributed by atoms with Crippen molar-refractivity contribution in [1.82, 2.24) is 5.32 Å². The van der Waals surface area contributed by atoms with Gasteiger partial charge in [-0.1, -0.05) is 31.6 Å². The molecule has 2 atom stereocenters. The number of amides is 1. The number of nitrogens with one attached hydrogen (secondary N) is 1. The topological polar surface area (TPSA) is 55.1 Å². The molecular weight excluding hydrogens is 256 g/mol. The molecule has 1 aromatic heterocycles. The predicted molar refractivity (Wildman–Crippen MR) is 79.1 cm³/mol. The number of nitrogens with two attached hydrogens (primary N) is 1. The van der Waals surface area contributed by atoms with Crippen molar-refractivity contribution in [2.24, 2.45) is 11.7 Å². The lowest BCUT2D eigenvalue weighted by atomic mass is 9.87. The Morgan fingerprint density at radius 2 is 2.42 bits per heavy atom. The zero-order valence-corrected chi connectivity index (χ0v) is 12.1. The summed E-state index contributed by atoms with van der Waals surface area (Å²) in [5.74, 6) is 6.49. The van der Waals surface area contributed by atoms with Crippen LogP contribution in [0.15, 0.2) is 11.4 Å². The van der Waals surface area contributed by atoms with Crippen LogP contribution >= 0.6 is 11.3 Å².